The highest BCUT2D eigenvalue weighted by Crippen LogP contribution is 2.31. The first-order chi connectivity index (χ1) is 9.13. The molecule has 1 heterocycles. The summed E-state index contributed by atoms with van der Waals surface area (Å²) in [6.45, 7) is 6.73. The number of aryl methyl sites for hydroxylation is 2. The molecule has 3 rings (SSSR count). The van der Waals surface area contributed by atoms with Gasteiger partial charge in [0.25, 0.3) is 0 Å². The van der Waals surface area contributed by atoms with Crippen LogP contribution in [0.5, 0.6) is 0 Å². The van der Waals surface area contributed by atoms with Crippen LogP contribution in [0.1, 0.15) is 29.8 Å². The van der Waals surface area contributed by atoms with Crippen molar-refractivity contribution in [2.24, 2.45) is 0 Å². The van der Waals surface area contributed by atoms with Gasteiger partial charge >= 0.3 is 0 Å². The Morgan fingerprint density at radius 3 is 2.53 bits per heavy atom. The van der Waals surface area contributed by atoms with Gasteiger partial charge in [0.15, 0.2) is 5.78 Å². The molecule has 19 heavy (non-hydrogen) atoms. The van der Waals surface area contributed by atoms with E-state index in [9.17, 15) is 4.79 Å². The average molecular weight is 251 g/mol. The van der Waals surface area contributed by atoms with E-state index in [0.717, 1.165) is 17.7 Å². The number of carbonyl (C=O) groups is 1. The van der Waals surface area contributed by atoms with Crippen LogP contribution >= 0.6 is 0 Å². The van der Waals surface area contributed by atoms with Crippen molar-refractivity contribution in [3.8, 4) is 0 Å². The molecule has 0 N–H and O–H groups in total. The molecule has 0 unspecified atom stereocenters. The first-order valence-corrected chi connectivity index (χ1v) is 6.66. The molecule has 2 heteroatoms. The minimum Gasteiger partial charge on any atom is -0.341 e. The lowest BCUT2D eigenvalue weighted by Crippen LogP contribution is -1.98. The van der Waals surface area contributed by atoms with Gasteiger partial charge in [-0.25, -0.2) is 0 Å². The Morgan fingerprint density at radius 2 is 1.84 bits per heavy atom. The normalized spacial score (nSPS) is 11.3. The lowest BCUT2D eigenvalue weighted by Gasteiger charge is -2.06. The fourth-order valence-electron chi connectivity index (χ4n) is 2.92. The molecule has 2 aromatic carbocycles. The number of carbonyl (C=O) groups excluding carboxylic acids is 1. The number of benzene rings is 2. The van der Waals surface area contributed by atoms with Crippen LogP contribution in [0.15, 0.2) is 36.4 Å². The maximum absolute atomic E-state index is 11.7. The molecule has 2 nitrogen and oxygen atoms in total. The highest BCUT2D eigenvalue weighted by atomic mass is 16.1. The Hall–Kier alpha value is -2.09. The van der Waals surface area contributed by atoms with Crippen LogP contribution in [0.4, 0.5) is 0 Å². The molecular formula is C17H17NO. The molecule has 0 aliphatic rings. The first-order valence-electron chi connectivity index (χ1n) is 6.66. The lowest BCUT2D eigenvalue weighted by molar-refractivity contribution is 0.101. The quantitative estimate of drug-likeness (QED) is 0.621. The van der Waals surface area contributed by atoms with Gasteiger partial charge in [0, 0.05) is 33.9 Å². The van der Waals surface area contributed by atoms with E-state index in [2.05, 4.69) is 41.8 Å². The van der Waals surface area contributed by atoms with Crippen molar-refractivity contribution in [3.05, 3.63) is 47.5 Å². The van der Waals surface area contributed by atoms with Crippen molar-refractivity contribution in [3.63, 3.8) is 0 Å². The van der Waals surface area contributed by atoms with E-state index in [1.807, 2.05) is 13.0 Å². The summed E-state index contributed by atoms with van der Waals surface area (Å²) in [5, 5.41) is 2.40. The van der Waals surface area contributed by atoms with Crippen LogP contribution in [0.3, 0.4) is 0 Å². The zero-order chi connectivity index (χ0) is 13.6. The summed E-state index contributed by atoms with van der Waals surface area (Å²) in [7, 11) is 0. The highest BCUT2D eigenvalue weighted by Gasteiger charge is 2.13. The molecule has 0 fully saturated rings. The summed E-state index contributed by atoms with van der Waals surface area (Å²) >= 11 is 0. The van der Waals surface area contributed by atoms with Crippen LogP contribution in [0.2, 0.25) is 0 Å². The predicted molar refractivity (Wildman–Crippen MR) is 79.9 cm³/mol. The van der Waals surface area contributed by atoms with Crippen molar-refractivity contribution in [1.82, 2.24) is 4.57 Å². The molecule has 0 atom stereocenters. The van der Waals surface area contributed by atoms with Gasteiger partial charge < -0.3 is 4.57 Å². The molecule has 0 saturated carbocycles. The molecule has 1 aromatic heterocycles. The summed E-state index contributed by atoms with van der Waals surface area (Å²) in [5.74, 6) is 0.132. The van der Waals surface area contributed by atoms with E-state index in [1.165, 1.54) is 21.8 Å². The van der Waals surface area contributed by atoms with Crippen molar-refractivity contribution in [1.29, 1.82) is 0 Å². The molecule has 3 aromatic rings. The van der Waals surface area contributed by atoms with E-state index in [1.54, 1.807) is 6.92 Å². The maximum atomic E-state index is 11.7. The number of hydrogen-bond donors (Lipinski definition) is 0. The van der Waals surface area contributed by atoms with Crippen molar-refractivity contribution in [2.75, 3.05) is 0 Å². The van der Waals surface area contributed by atoms with E-state index < -0.39 is 0 Å². The second-order valence-corrected chi connectivity index (χ2v) is 5.00. The molecule has 0 amide bonds. The monoisotopic (exact) mass is 251 g/mol. The topological polar surface area (TPSA) is 22.0 Å². The van der Waals surface area contributed by atoms with Gasteiger partial charge in [0.2, 0.25) is 0 Å². The zero-order valence-corrected chi connectivity index (χ0v) is 11.5. The third kappa shape index (κ3) is 1.67. The Bertz CT molecular complexity index is 796. The van der Waals surface area contributed by atoms with Gasteiger partial charge in [0.1, 0.15) is 0 Å². The molecular weight excluding hydrogens is 234 g/mol. The Balaban J connectivity index is 2.52. The van der Waals surface area contributed by atoms with Crippen molar-refractivity contribution in [2.45, 2.75) is 27.3 Å². The predicted octanol–water partition coefficient (Wildman–Crippen LogP) is 4.33. The molecule has 0 radical (unpaired) electrons. The molecule has 0 aliphatic heterocycles. The second kappa shape index (κ2) is 4.23. The smallest absolute Gasteiger partial charge is 0.160 e. The Kier molecular flexibility index (Phi) is 2.67. The van der Waals surface area contributed by atoms with E-state index in [0.29, 0.717) is 0 Å². The fourth-order valence-corrected chi connectivity index (χ4v) is 2.92. The van der Waals surface area contributed by atoms with Crippen LogP contribution in [-0.2, 0) is 6.54 Å². The van der Waals surface area contributed by atoms with Gasteiger partial charge in [-0.2, -0.15) is 0 Å². The molecule has 0 spiro atoms. The van der Waals surface area contributed by atoms with Crippen LogP contribution in [0.25, 0.3) is 21.8 Å². The number of ketones is 1. The Morgan fingerprint density at radius 1 is 1.11 bits per heavy atom. The number of fused-ring (bicyclic) bond motifs is 3. The van der Waals surface area contributed by atoms with Gasteiger partial charge in [-0.15, -0.1) is 0 Å². The van der Waals surface area contributed by atoms with Crippen LogP contribution < -0.4 is 0 Å². The summed E-state index contributed by atoms with van der Waals surface area (Å²) in [4.78, 5) is 11.7. The summed E-state index contributed by atoms with van der Waals surface area (Å²) in [5.41, 5.74) is 4.33. The number of hydrogen-bond acceptors (Lipinski definition) is 1. The van der Waals surface area contributed by atoms with Gasteiger partial charge in [-0.1, -0.05) is 18.2 Å². The van der Waals surface area contributed by atoms with Crippen molar-refractivity contribution < 1.29 is 4.79 Å². The third-order valence-electron chi connectivity index (χ3n) is 3.81. The second-order valence-electron chi connectivity index (χ2n) is 5.00. The number of para-hydroxylation sites is 1. The van der Waals surface area contributed by atoms with Crippen LogP contribution in [-0.4, -0.2) is 10.4 Å². The largest absolute Gasteiger partial charge is 0.341 e. The Labute approximate surface area is 112 Å². The van der Waals surface area contributed by atoms with Gasteiger partial charge in [-0.05, 0) is 44.5 Å². The van der Waals surface area contributed by atoms with Gasteiger partial charge in [0.05, 0.1) is 0 Å². The standard InChI is InChI=1S/C17H17NO/c1-4-18-16-8-6-5-7-13(16)15-10-14(12(3)19)11(2)9-17(15)18/h5-10H,4H2,1-3H3. The fraction of sp³-hybridized carbons (Fsp3) is 0.235. The number of rotatable bonds is 2. The average Bonchev–Trinajstić information content (AvgIpc) is 2.70. The summed E-state index contributed by atoms with van der Waals surface area (Å²) in [6.07, 6.45) is 0. The molecule has 0 aliphatic carbocycles. The SMILES string of the molecule is CCn1c2ccccc2c2cc(C(C)=O)c(C)cc21. The van der Waals surface area contributed by atoms with E-state index in [4.69, 9.17) is 0 Å². The minimum atomic E-state index is 0.132. The number of nitrogens with zero attached hydrogens (tertiary/aromatic N) is 1. The van der Waals surface area contributed by atoms with Crippen LogP contribution in [0, 0.1) is 6.92 Å². The van der Waals surface area contributed by atoms with Gasteiger partial charge in [-0.3, -0.25) is 4.79 Å². The minimum absolute atomic E-state index is 0.132. The van der Waals surface area contributed by atoms with E-state index >= 15 is 0 Å². The highest BCUT2D eigenvalue weighted by molar-refractivity contribution is 6.11. The molecule has 96 valence electrons. The zero-order valence-electron chi connectivity index (χ0n) is 11.5. The van der Waals surface area contributed by atoms with Crippen molar-refractivity contribution >= 4 is 27.6 Å². The lowest BCUT2D eigenvalue weighted by atomic mass is 10.0. The first kappa shape index (κ1) is 12.0. The molecule has 0 bridgehead atoms. The summed E-state index contributed by atoms with van der Waals surface area (Å²) in [6, 6.07) is 12.6. The third-order valence-corrected chi connectivity index (χ3v) is 3.81. The maximum Gasteiger partial charge on any atom is 0.160 e. The molecule has 0 saturated heterocycles. The number of aromatic nitrogens is 1. The van der Waals surface area contributed by atoms with E-state index in [-0.39, 0.29) is 5.78 Å². The number of Topliss-reactive ketones (excluding diaryl/α,β-unsaturated/α-hetero) is 1. The summed E-state index contributed by atoms with van der Waals surface area (Å²) < 4.78 is 2.31.